The molecule has 1 saturated heterocycles. The molecule has 80 valence electrons. The quantitative estimate of drug-likeness (QED) is 0.709. The van der Waals surface area contributed by atoms with Gasteiger partial charge in [0.15, 0.2) is 0 Å². The average Bonchev–Trinajstić information content (AvgIpc) is 2.18. The lowest BCUT2D eigenvalue weighted by Crippen LogP contribution is -2.43. The highest BCUT2D eigenvalue weighted by Gasteiger charge is 2.25. The van der Waals surface area contributed by atoms with Gasteiger partial charge in [-0.15, -0.1) is 0 Å². The van der Waals surface area contributed by atoms with E-state index in [1.165, 1.54) is 0 Å². The average molecular weight is 215 g/mol. The van der Waals surface area contributed by atoms with Crippen LogP contribution in [0.2, 0.25) is 0 Å². The molecule has 0 spiro atoms. The van der Waals surface area contributed by atoms with Crippen molar-refractivity contribution >= 4 is 23.5 Å². The van der Waals surface area contributed by atoms with Gasteiger partial charge in [0.05, 0.1) is 0 Å². The fourth-order valence-corrected chi connectivity index (χ4v) is 1.97. The molecule has 0 saturated carbocycles. The van der Waals surface area contributed by atoms with Gasteiger partial charge in [0.1, 0.15) is 5.78 Å². The van der Waals surface area contributed by atoms with E-state index >= 15 is 0 Å². The smallest absolute Gasteiger partial charge is 0.223 e. The molecule has 3 nitrogen and oxygen atoms in total. The minimum absolute atomic E-state index is 0.0296. The number of hydrogen-bond donors (Lipinski definition) is 0. The van der Waals surface area contributed by atoms with Gasteiger partial charge >= 0.3 is 0 Å². The third-order valence-electron chi connectivity index (χ3n) is 2.54. The molecule has 1 rings (SSSR count). The van der Waals surface area contributed by atoms with Crippen molar-refractivity contribution < 1.29 is 9.59 Å². The maximum Gasteiger partial charge on any atom is 0.223 e. The molecular formula is C10H17NO2S. The Morgan fingerprint density at radius 1 is 1.64 bits per heavy atom. The van der Waals surface area contributed by atoms with E-state index in [0.29, 0.717) is 31.7 Å². The predicted molar refractivity (Wildman–Crippen MR) is 58.4 cm³/mol. The molecule has 1 heterocycles. The van der Waals surface area contributed by atoms with E-state index in [2.05, 4.69) is 0 Å². The lowest BCUT2D eigenvalue weighted by Gasteiger charge is -2.30. The Labute approximate surface area is 89.2 Å². The predicted octanol–water partition coefficient (Wildman–Crippen LogP) is 1.18. The SMILES string of the molecule is CSCCC(=O)N1CCC(=O)C(C)C1. The molecule has 1 aliphatic heterocycles. The van der Waals surface area contributed by atoms with Crippen LogP contribution in [0.5, 0.6) is 0 Å². The summed E-state index contributed by atoms with van der Waals surface area (Å²) in [5.74, 6) is 1.39. The molecular weight excluding hydrogens is 198 g/mol. The van der Waals surface area contributed by atoms with Gasteiger partial charge in [0.25, 0.3) is 0 Å². The van der Waals surface area contributed by atoms with Crippen molar-refractivity contribution in [2.75, 3.05) is 25.1 Å². The summed E-state index contributed by atoms with van der Waals surface area (Å²) in [4.78, 5) is 24.7. The summed E-state index contributed by atoms with van der Waals surface area (Å²) in [6.07, 6.45) is 3.13. The van der Waals surface area contributed by atoms with E-state index in [-0.39, 0.29) is 11.8 Å². The van der Waals surface area contributed by atoms with Crippen molar-refractivity contribution in [2.45, 2.75) is 19.8 Å². The van der Waals surface area contributed by atoms with Gasteiger partial charge < -0.3 is 4.90 Å². The van der Waals surface area contributed by atoms with Crippen LogP contribution in [0.25, 0.3) is 0 Å². The number of amides is 1. The Bertz CT molecular complexity index is 230. The molecule has 0 aliphatic carbocycles. The van der Waals surface area contributed by atoms with Crippen LogP contribution in [0, 0.1) is 5.92 Å². The number of hydrogen-bond acceptors (Lipinski definition) is 3. The van der Waals surface area contributed by atoms with Crippen molar-refractivity contribution in [3.05, 3.63) is 0 Å². The molecule has 1 fully saturated rings. The first-order chi connectivity index (χ1) is 6.65. The molecule has 1 atom stereocenters. The minimum atomic E-state index is 0.0296. The summed E-state index contributed by atoms with van der Waals surface area (Å²) >= 11 is 1.68. The van der Waals surface area contributed by atoms with Crippen molar-refractivity contribution in [1.29, 1.82) is 0 Å². The lowest BCUT2D eigenvalue weighted by molar-refractivity contribution is -0.136. The zero-order valence-electron chi connectivity index (χ0n) is 8.78. The molecule has 0 N–H and O–H groups in total. The fourth-order valence-electron chi connectivity index (χ4n) is 1.59. The van der Waals surface area contributed by atoms with Crippen LogP contribution in [0.15, 0.2) is 0 Å². The van der Waals surface area contributed by atoms with Gasteiger partial charge in [-0.2, -0.15) is 11.8 Å². The van der Waals surface area contributed by atoms with Gasteiger partial charge in [-0.05, 0) is 6.26 Å². The third kappa shape index (κ3) is 3.01. The number of Topliss-reactive ketones (excluding diaryl/α,β-unsaturated/α-hetero) is 1. The first-order valence-electron chi connectivity index (χ1n) is 4.94. The third-order valence-corrected chi connectivity index (χ3v) is 3.16. The van der Waals surface area contributed by atoms with Gasteiger partial charge in [0, 0.05) is 37.6 Å². The Morgan fingerprint density at radius 3 is 2.93 bits per heavy atom. The van der Waals surface area contributed by atoms with Crippen LogP contribution in [0.3, 0.4) is 0 Å². The summed E-state index contributed by atoms with van der Waals surface area (Å²) in [6.45, 7) is 3.14. The second-order valence-corrected chi connectivity index (χ2v) is 4.69. The van der Waals surface area contributed by atoms with Gasteiger partial charge in [-0.1, -0.05) is 6.92 Å². The Morgan fingerprint density at radius 2 is 2.36 bits per heavy atom. The van der Waals surface area contributed by atoms with E-state index < -0.39 is 0 Å². The number of rotatable bonds is 3. The normalized spacial score (nSPS) is 22.6. The van der Waals surface area contributed by atoms with Crippen LogP contribution in [-0.4, -0.2) is 41.7 Å². The molecule has 1 amide bonds. The fraction of sp³-hybridized carbons (Fsp3) is 0.800. The Hall–Kier alpha value is -0.510. The summed E-state index contributed by atoms with van der Waals surface area (Å²) in [5.41, 5.74) is 0. The number of piperidine rings is 1. The van der Waals surface area contributed by atoms with Crippen molar-refractivity contribution in [1.82, 2.24) is 4.90 Å². The maximum atomic E-state index is 11.6. The number of likely N-dealkylation sites (tertiary alicyclic amines) is 1. The van der Waals surface area contributed by atoms with Crippen LogP contribution in [0.1, 0.15) is 19.8 Å². The molecule has 0 bridgehead atoms. The number of nitrogens with zero attached hydrogens (tertiary/aromatic N) is 1. The van der Waals surface area contributed by atoms with Gasteiger partial charge in [-0.3, -0.25) is 9.59 Å². The Balaban J connectivity index is 2.38. The lowest BCUT2D eigenvalue weighted by atomic mass is 9.98. The molecule has 1 aliphatic rings. The van der Waals surface area contributed by atoms with Crippen molar-refractivity contribution in [3.63, 3.8) is 0 Å². The van der Waals surface area contributed by atoms with Crippen LogP contribution in [0.4, 0.5) is 0 Å². The monoisotopic (exact) mass is 215 g/mol. The first-order valence-corrected chi connectivity index (χ1v) is 6.34. The van der Waals surface area contributed by atoms with E-state index in [9.17, 15) is 9.59 Å². The van der Waals surface area contributed by atoms with E-state index in [0.717, 1.165) is 5.75 Å². The minimum Gasteiger partial charge on any atom is -0.342 e. The maximum absolute atomic E-state index is 11.6. The van der Waals surface area contributed by atoms with Crippen molar-refractivity contribution in [2.24, 2.45) is 5.92 Å². The highest BCUT2D eigenvalue weighted by Crippen LogP contribution is 2.13. The second kappa shape index (κ2) is 5.39. The first kappa shape index (κ1) is 11.6. The second-order valence-electron chi connectivity index (χ2n) is 3.70. The summed E-state index contributed by atoms with van der Waals surface area (Å²) in [7, 11) is 0. The molecule has 4 heteroatoms. The van der Waals surface area contributed by atoms with Gasteiger partial charge in [-0.25, -0.2) is 0 Å². The zero-order chi connectivity index (χ0) is 10.6. The summed E-state index contributed by atoms with van der Waals surface area (Å²) < 4.78 is 0. The zero-order valence-corrected chi connectivity index (χ0v) is 9.60. The molecule has 14 heavy (non-hydrogen) atoms. The molecule has 0 aromatic carbocycles. The Kier molecular flexibility index (Phi) is 4.45. The van der Waals surface area contributed by atoms with Crippen molar-refractivity contribution in [3.8, 4) is 0 Å². The molecule has 0 aromatic rings. The topological polar surface area (TPSA) is 37.4 Å². The highest BCUT2D eigenvalue weighted by atomic mass is 32.2. The number of carbonyl (C=O) groups excluding carboxylic acids is 2. The summed E-state index contributed by atoms with van der Waals surface area (Å²) in [6, 6.07) is 0. The molecule has 1 unspecified atom stereocenters. The van der Waals surface area contributed by atoms with Crippen LogP contribution in [-0.2, 0) is 9.59 Å². The molecule has 0 radical (unpaired) electrons. The largest absolute Gasteiger partial charge is 0.342 e. The molecule has 0 aromatic heterocycles. The highest BCUT2D eigenvalue weighted by molar-refractivity contribution is 7.98. The number of carbonyl (C=O) groups is 2. The van der Waals surface area contributed by atoms with Crippen LogP contribution >= 0.6 is 11.8 Å². The standard InChI is InChI=1S/C10H17NO2S/c1-8-7-11(5-3-9(8)12)10(13)4-6-14-2/h8H,3-7H2,1-2H3. The summed E-state index contributed by atoms with van der Waals surface area (Å²) in [5, 5.41) is 0. The number of thioether (sulfide) groups is 1. The number of ketones is 1. The van der Waals surface area contributed by atoms with Gasteiger partial charge in [0.2, 0.25) is 5.91 Å². The van der Waals surface area contributed by atoms with E-state index in [4.69, 9.17) is 0 Å². The van der Waals surface area contributed by atoms with Crippen LogP contribution < -0.4 is 0 Å². The van der Waals surface area contributed by atoms with E-state index in [1.807, 2.05) is 18.1 Å². The van der Waals surface area contributed by atoms with E-state index in [1.54, 1.807) is 11.8 Å².